The SMILES string of the molecule is c1ccc(-c2ccc(NB3OCCO3)cc2)cc1. The Morgan fingerprint density at radius 3 is 2.06 bits per heavy atom. The maximum atomic E-state index is 5.34. The minimum Gasteiger partial charge on any atom is -0.390 e. The molecule has 0 bridgehead atoms. The highest BCUT2D eigenvalue weighted by molar-refractivity contribution is 6.49. The Bertz CT molecular complexity index is 495. The van der Waals surface area contributed by atoms with E-state index in [1.807, 2.05) is 30.3 Å². The van der Waals surface area contributed by atoms with Gasteiger partial charge in [0, 0.05) is 5.69 Å². The van der Waals surface area contributed by atoms with Gasteiger partial charge in [-0.3, -0.25) is 0 Å². The van der Waals surface area contributed by atoms with Gasteiger partial charge < -0.3 is 14.5 Å². The molecule has 90 valence electrons. The van der Waals surface area contributed by atoms with Crippen molar-refractivity contribution in [2.24, 2.45) is 0 Å². The van der Waals surface area contributed by atoms with Crippen molar-refractivity contribution < 1.29 is 9.31 Å². The van der Waals surface area contributed by atoms with E-state index in [-0.39, 0.29) is 7.25 Å². The molecule has 1 saturated heterocycles. The summed E-state index contributed by atoms with van der Waals surface area (Å²) in [5.74, 6) is 0. The van der Waals surface area contributed by atoms with E-state index in [0.717, 1.165) is 5.69 Å². The molecule has 1 N–H and O–H groups in total. The van der Waals surface area contributed by atoms with Crippen LogP contribution in [0.2, 0.25) is 0 Å². The monoisotopic (exact) mass is 239 g/mol. The van der Waals surface area contributed by atoms with E-state index in [1.54, 1.807) is 0 Å². The van der Waals surface area contributed by atoms with Crippen molar-refractivity contribution in [3.63, 3.8) is 0 Å². The van der Waals surface area contributed by atoms with Crippen LogP contribution < -0.4 is 5.23 Å². The molecule has 1 aliphatic heterocycles. The van der Waals surface area contributed by atoms with Crippen molar-refractivity contribution in [3.05, 3.63) is 54.6 Å². The zero-order chi connectivity index (χ0) is 12.2. The molecule has 18 heavy (non-hydrogen) atoms. The molecule has 0 spiro atoms. The molecule has 0 aliphatic carbocycles. The number of anilines is 1. The van der Waals surface area contributed by atoms with E-state index < -0.39 is 0 Å². The van der Waals surface area contributed by atoms with E-state index in [0.29, 0.717) is 13.2 Å². The van der Waals surface area contributed by atoms with Crippen molar-refractivity contribution >= 4 is 12.9 Å². The summed E-state index contributed by atoms with van der Waals surface area (Å²) < 4.78 is 10.7. The maximum Gasteiger partial charge on any atom is 0.590 e. The van der Waals surface area contributed by atoms with Crippen molar-refractivity contribution in [3.8, 4) is 11.1 Å². The zero-order valence-corrected chi connectivity index (χ0v) is 10.0. The van der Waals surface area contributed by atoms with E-state index in [2.05, 4.69) is 29.5 Å². The van der Waals surface area contributed by atoms with Gasteiger partial charge in [-0.05, 0) is 23.3 Å². The summed E-state index contributed by atoms with van der Waals surface area (Å²) in [7, 11) is -0.312. The molecular weight excluding hydrogens is 225 g/mol. The Morgan fingerprint density at radius 2 is 1.39 bits per heavy atom. The number of rotatable bonds is 3. The molecule has 0 unspecified atom stereocenters. The van der Waals surface area contributed by atoms with Crippen LogP contribution in [0.4, 0.5) is 5.69 Å². The van der Waals surface area contributed by atoms with Gasteiger partial charge >= 0.3 is 7.25 Å². The summed E-state index contributed by atoms with van der Waals surface area (Å²) in [6.07, 6.45) is 0. The van der Waals surface area contributed by atoms with Gasteiger partial charge in [-0.1, -0.05) is 42.5 Å². The van der Waals surface area contributed by atoms with E-state index in [1.165, 1.54) is 11.1 Å². The van der Waals surface area contributed by atoms with E-state index >= 15 is 0 Å². The van der Waals surface area contributed by atoms with Crippen molar-refractivity contribution in [2.75, 3.05) is 18.4 Å². The standard InChI is InChI=1S/C14H14BNO2/c1-2-4-12(5-3-1)13-6-8-14(9-7-13)16-15-17-10-11-18-15/h1-9,16H,10-11H2. The maximum absolute atomic E-state index is 5.34. The van der Waals surface area contributed by atoms with Crippen LogP contribution in [-0.2, 0) is 9.31 Å². The van der Waals surface area contributed by atoms with Crippen LogP contribution in [0.3, 0.4) is 0 Å². The lowest BCUT2D eigenvalue weighted by Gasteiger charge is -2.08. The lowest BCUT2D eigenvalue weighted by atomic mass is 10.0. The fraction of sp³-hybridized carbons (Fsp3) is 0.143. The van der Waals surface area contributed by atoms with Crippen molar-refractivity contribution in [1.82, 2.24) is 0 Å². The quantitative estimate of drug-likeness (QED) is 0.835. The zero-order valence-electron chi connectivity index (χ0n) is 10.0. The Balaban J connectivity index is 1.72. The van der Waals surface area contributed by atoms with Crippen LogP contribution in [0, 0.1) is 0 Å². The molecule has 3 nitrogen and oxygen atoms in total. The highest BCUT2D eigenvalue weighted by Gasteiger charge is 2.24. The second-order valence-corrected chi connectivity index (χ2v) is 4.16. The fourth-order valence-electron chi connectivity index (χ4n) is 1.97. The predicted molar refractivity (Wildman–Crippen MR) is 73.2 cm³/mol. The summed E-state index contributed by atoms with van der Waals surface area (Å²) in [5, 5.41) is 3.18. The summed E-state index contributed by atoms with van der Waals surface area (Å²) in [5.41, 5.74) is 3.42. The minimum atomic E-state index is -0.312. The molecule has 1 aliphatic rings. The van der Waals surface area contributed by atoms with Crippen LogP contribution in [0.15, 0.2) is 54.6 Å². The van der Waals surface area contributed by atoms with Crippen LogP contribution in [-0.4, -0.2) is 20.5 Å². The lowest BCUT2D eigenvalue weighted by molar-refractivity contribution is 0.365. The highest BCUT2D eigenvalue weighted by Crippen LogP contribution is 2.21. The Kier molecular flexibility index (Phi) is 3.30. The highest BCUT2D eigenvalue weighted by atomic mass is 16.6. The second kappa shape index (κ2) is 5.25. The first-order chi connectivity index (χ1) is 8.92. The van der Waals surface area contributed by atoms with Crippen LogP contribution in [0.25, 0.3) is 11.1 Å². The first-order valence-electron chi connectivity index (χ1n) is 6.07. The van der Waals surface area contributed by atoms with Gasteiger partial charge in [-0.2, -0.15) is 0 Å². The summed E-state index contributed by atoms with van der Waals surface area (Å²) in [6.45, 7) is 1.31. The summed E-state index contributed by atoms with van der Waals surface area (Å²) in [4.78, 5) is 0. The van der Waals surface area contributed by atoms with Crippen LogP contribution >= 0.6 is 0 Å². The third-order valence-electron chi connectivity index (χ3n) is 2.90. The van der Waals surface area contributed by atoms with Gasteiger partial charge in [0.05, 0.1) is 13.2 Å². The second-order valence-electron chi connectivity index (χ2n) is 4.16. The molecule has 1 fully saturated rings. The predicted octanol–water partition coefficient (Wildman–Crippen LogP) is 2.80. The third-order valence-corrected chi connectivity index (χ3v) is 2.90. The third kappa shape index (κ3) is 2.55. The number of hydrogen-bond donors (Lipinski definition) is 1. The van der Waals surface area contributed by atoms with Gasteiger partial charge in [-0.15, -0.1) is 0 Å². The Morgan fingerprint density at radius 1 is 0.778 bits per heavy atom. The first-order valence-corrected chi connectivity index (χ1v) is 6.07. The fourth-order valence-corrected chi connectivity index (χ4v) is 1.97. The average Bonchev–Trinajstić information content (AvgIpc) is 2.94. The van der Waals surface area contributed by atoms with Crippen LogP contribution in [0.1, 0.15) is 0 Å². The first kappa shape index (κ1) is 11.3. The van der Waals surface area contributed by atoms with Gasteiger partial charge in [-0.25, -0.2) is 0 Å². The van der Waals surface area contributed by atoms with E-state index in [9.17, 15) is 0 Å². The summed E-state index contributed by atoms with van der Waals surface area (Å²) in [6, 6.07) is 18.6. The molecule has 4 heteroatoms. The van der Waals surface area contributed by atoms with Crippen LogP contribution in [0.5, 0.6) is 0 Å². The molecule has 0 aromatic heterocycles. The molecule has 2 aromatic rings. The molecular formula is C14H14BNO2. The minimum absolute atomic E-state index is 0.312. The molecule has 0 saturated carbocycles. The molecule has 0 radical (unpaired) electrons. The molecule has 2 aromatic carbocycles. The van der Waals surface area contributed by atoms with Crippen molar-refractivity contribution in [1.29, 1.82) is 0 Å². The number of benzene rings is 2. The lowest BCUT2D eigenvalue weighted by Crippen LogP contribution is -2.25. The van der Waals surface area contributed by atoms with Gasteiger partial charge in [0.1, 0.15) is 0 Å². The van der Waals surface area contributed by atoms with Gasteiger partial charge in [0.2, 0.25) is 0 Å². The molecule has 0 amide bonds. The van der Waals surface area contributed by atoms with Gasteiger partial charge in [0.15, 0.2) is 0 Å². The Hall–Kier alpha value is -1.78. The smallest absolute Gasteiger partial charge is 0.390 e. The molecule has 1 heterocycles. The summed E-state index contributed by atoms with van der Waals surface area (Å²) >= 11 is 0. The molecule has 3 rings (SSSR count). The van der Waals surface area contributed by atoms with E-state index in [4.69, 9.17) is 9.31 Å². The number of nitrogens with one attached hydrogen (secondary N) is 1. The number of hydrogen-bond acceptors (Lipinski definition) is 3. The average molecular weight is 239 g/mol. The largest absolute Gasteiger partial charge is 0.590 e. The topological polar surface area (TPSA) is 30.5 Å². The van der Waals surface area contributed by atoms with Gasteiger partial charge in [0.25, 0.3) is 0 Å². The Labute approximate surface area is 107 Å². The molecule has 0 atom stereocenters. The normalized spacial score (nSPS) is 14.8. The van der Waals surface area contributed by atoms with Crippen molar-refractivity contribution in [2.45, 2.75) is 0 Å².